The summed E-state index contributed by atoms with van der Waals surface area (Å²) in [5, 5.41) is 6.27. The lowest BCUT2D eigenvalue weighted by Crippen LogP contribution is -2.45. The van der Waals surface area contributed by atoms with Crippen molar-refractivity contribution in [2.75, 3.05) is 11.9 Å². The second kappa shape index (κ2) is 9.06. The van der Waals surface area contributed by atoms with E-state index >= 15 is 0 Å². The van der Waals surface area contributed by atoms with Crippen molar-refractivity contribution >= 4 is 17.6 Å². The minimum Gasteiger partial charge on any atom is -0.349 e. The second-order valence-electron chi connectivity index (χ2n) is 7.67. The molecule has 2 N–H and O–H groups in total. The van der Waals surface area contributed by atoms with E-state index in [-0.39, 0.29) is 24.0 Å². The van der Waals surface area contributed by atoms with Crippen molar-refractivity contribution < 1.29 is 9.59 Å². The Morgan fingerprint density at radius 3 is 2.00 bits per heavy atom. The number of carbonyl (C=O) groups is 2. The lowest BCUT2D eigenvalue weighted by atomic mass is 9.95. The molecule has 3 rings (SSSR count). The first-order valence-corrected chi connectivity index (χ1v) is 10.1. The molecule has 2 aliphatic rings. The van der Waals surface area contributed by atoms with Crippen molar-refractivity contribution in [3.8, 4) is 0 Å². The van der Waals surface area contributed by atoms with Gasteiger partial charge in [0.1, 0.15) is 0 Å². The minimum atomic E-state index is -0.130. The number of hydrogen-bond acceptors (Lipinski definition) is 2. The first-order valence-electron chi connectivity index (χ1n) is 10.1. The molecule has 3 amide bonds. The fourth-order valence-corrected chi connectivity index (χ4v) is 4.10. The summed E-state index contributed by atoms with van der Waals surface area (Å²) < 4.78 is 0. The number of nitrogens with one attached hydrogen (secondary N) is 2. The van der Waals surface area contributed by atoms with Gasteiger partial charge in [0.2, 0.25) is 0 Å². The predicted octanol–water partition coefficient (Wildman–Crippen LogP) is 4.23. The van der Waals surface area contributed by atoms with Gasteiger partial charge in [-0.1, -0.05) is 50.7 Å². The standard InChI is InChI=1S/C21H31N3O2/c1-24(21(26)23-17-12-6-3-7-13-17)19-15-9-8-14-18(19)20(25)22-16-10-4-2-5-11-16/h8-9,14-17H,2-7,10-13H2,1H3,(H,22,25)(H,23,26). The summed E-state index contributed by atoms with van der Waals surface area (Å²) in [6.07, 6.45) is 11.4. The highest BCUT2D eigenvalue weighted by Gasteiger charge is 2.23. The lowest BCUT2D eigenvalue weighted by Gasteiger charge is -2.28. The molecule has 1 aromatic rings. The molecular formula is C21H31N3O2. The van der Waals surface area contributed by atoms with E-state index < -0.39 is 0 Å². The van der Waals surface area contributed by atoms with Crippen LogP contribution in [-0.2, 0) is 0 Å². The third kappa shape index (κ3) is 4.77. The monoisotopic (exact) mass is 357 g/mol. The topological polar surface area (TPSA) is 61.4 Å². The minimum absolute atomic E-state index is 0.0789. The summed E-state index contributed by atoms with van der Waals surface area (Å²) in [5.74, 6) is -0.0789. The van der Waals surface area contributed by atoms with E-state index in [9.17, 15) is 9.59 Å². The molecule has 0 aliphatic heterocycles. The number of amides is 3. The molecule has 0 unspecified atom stereocenters. The number of nitrogens with zero attached hydrogens (tertiary/aromatic N) is 1. The Balaban J connectivity index is 1.66. The zero-order valence-corrected chi connectivity index (χ0v) is 15.8. The number of anilines is 1. The molecule has 5 nitrogen and oxygen atoms in total. The zero-order chi connectivity index (χ0) is 18.4. The van der Waals surface area contributed by atoms with Crippen molar-refractivity contribution in [2.24, 2.45) is 0 Å². The van der Waals surface area contributed by atoms with E-state index in [1.165, 1.54) is 38.5 Å². The molecule has 0 saturated heterocycles. The molecule has 0 heterocycles. The summed E-state index contributed by atoms with van der Waals surface area (Å²) in [6.45, 7) is 0. The number of benzene rings is 1. The van der Waals surface area contributed by atoms with Gasteiger partial charge in [-0.25, -0.2) is 4.79 Å². The van der Waals surface area contributed by atoms with Crippen LogP contribution in [0.4, 0.5) is 10.5 Å². The average molecular weight is 357 g/mol. The highest BCUT2D eigenvalue weighted by atomic mass is 16.2. The molecule has 2 saturated carbocycles. The van der Waals surface area contributed by atoms with Crippen LogP contribution >= 0.6 is 0 Å². The first kappa shape index (κ1) is 18.7. The third-order valence-corrected chi connectivity index (χ3v) is 5.69. The molecule has 5 heteroatoms. The van der Waals surface area contributed by atoms with Crippen molar-refractivity contribution in [3.63, 3.8) is 0 Å². The fraction of sp³-hybridized carbons (Fsp3) is 0.619. The van der Waals surface area contributed by atoms with Crippen molar-refractivity contribution in [1.29, 1.82) is 0 Å². The van der Waals surface area contributed by atoms with Gasteiger partial charge in [0.15, 0.2) is 0 Å². The number of carbonyl (C=O) groups excluding carboxylic acids is 2. The first-order chi connectivity index (χ1) is 12.6. The van der Waals surface area contributed by atoms with Crippen LogP contribution < -0.4 is 15.5 Å². The Hall–Kier alpha value is -2.04. The smallest absolute Gasteiger partial charge is 0.321 e. The van der Waals surface area contributed by atoms with Crippen LogP contribution in [-0.4, -0.2) is 31.1 Å². The van der Waals surface area contributed by atoms with Gasteiger partial charge >= 0.3 is 6.03 Å². The van der Waals surface area contributed by atoms with E-state index in [4.69, 9.17) is 0 Å². The molecule has 0 aromatic heterocycles. The van der Waals surface area contributed by atoms with Crippen molar-refractivity contribution in [2.45, 2.75) is 76.3 Å². The average Bonchev–Trinajstić information content (AvgIpc) is 2.69. The molecule has 0 bridgehead atoms. The SMILES string of the molecule is CN(C(=O)NC1CCCCC1)c1ccccc1C(=O)NC1CCCCC1. The van der Waals surface area contributed by atoms with Gasteiger partial charge in [0.25, 0.3) is 5.91 Å². The van der Waals surface area contributed by atoms with Crippen LogP contribution in [0.5, 0.6) is 0 Å². The number of hydrogen-bond donors (Lipinski definition) is 2. The number of rotatable bonds is 4. The van der Waals surface area contributed by atoms with Gasteiger partial charge in [-0.15, -0.1) is 0 Å². The van der Waals surface area contributed by atoms with Gasteiger partial charge in [-0.3, -0.25) is 9.69 Å². The van der Waals surface area contributed by atoms with Crippen LogP contribution in [0.25, 0.3) is 0 Å². The fourth-order valence-electron chi connectivity index (χ4n) is 4.10. The highest BCUT2D eigenvalue weighted by molar-refractivity contribution is 6.04. The van der Waals surface area contributed by atoms with Gasteiger partial charge in [-0.2, -0.15) is 0 Å². The quantitative estimate of drug-likeness (QED) is 0.847. The molecule has 1 aromatic carbocycles. The van der Waals surface area contributed by atoms with Crippen LogP contribution in [0.1, 0.15) is 74.6 Å². The lowest BCUT2D eigenvalue weighted by molar-refractivity contribution is 0.0928. The zero-order valence-electron chi connectivity index (χ0n) is 15.8. The maximum absolute atomic E-state index is 12.8. The Bertz CT molecular complexity index is 619. The Morgan fingerprint density at radius 2 is 1.38 bits per heavy atom. The van der Waals surface area contributed by atoms with E-state index in [1.807, 2.05) is 18.2 Å². The summed E-state index contributed by atoms with van der Waals surface area (Å²) in [7, 11) is 1.74. The summed E-state index contributed by atoms with van der Waals surface area (Å²) in [5.41, 5.74) is 1.23. The van der Waals surface area contributed by atoms with Gasteiger partial charge in [0, 0.05) is 19.1 Å². The molecular weight excluding hydrogens is 326 g/mol. The molecule has 2 fully saturated rings. The third-order valence-electron chi connectivity index (χ3n) is 5.69. The maximum Gasteiger partial charge on any atom is 0.321 e. The van der Waals surface area contributed by atoms with Crippen LogP contribution in [0.2, 0.25) is 0 Å². The van der Waals surface area contributed by atoms with E-state index in [2.05, 4.69) is 10.6 Å². The highest BCUT2D eigenvalue weighted by Crippen LogP contribution is 2.23. The Labute approximate surface area is 156 Å². The molecule has 142 valence electrons. The maximum atomic E-state index is 12.8. The van der Waals surface area contributed by atoms with Gasteiger partial charge in [0.05, 0.1) is 11.3 Å². The summed E-state index contributed by atoms with van der Waals surface area (Å²) in [4.78, 5) is 27.0. The normalized spacial score (nSPS) is 19.0. The van der Waals surface area contributed by atoms with E-state index in [1.54, 1.807) is 18.0 Å². The van der Waals surface area contributed by atoms with Crippen LogP contribution in [0.3, 0.4) is 0 Å². The second-order valence-corrected chi connectivity index (χ2v) is 7.67. The van der Waals surface area contributed by atoms with Crippen LogP contribution in [0.15, 0.2) is 24.3 Å². The van der Waals surface area contributed by atoms with Gasteiger partial charge < -0.3 is 10.6 Å². The number of urea groups is 1. The van der Waals surface area contributed by atoms with Crippen molar-refractivity contribution in [1.82, 2.24) is 10.6 Å². The van der Waals surface area contributed by atoms with Gasteiger partial charge in [-0.05, 0) is 37.8 Å². The summed E-state index contributed by atoms with van der Waals surface area (Å²) in [6, 6.07) is 7.75. The Kier molecular flexibility index (Phi) is 6.53. The largest absolute Gasteiger partial charge is 0.349 e. The molecule has 2 aliphatic carbocycles. The molecule has 26 heavy (non-hydrogen) atoms. The van der Waals surface area contributed by atoms with E-state index in [0.29, 0.717) is 11.3 Å². The summed E-state index contributed by atoms with van der Waals surface area (Å²) >= 11 is 0. The van der Waals surface area contributed by atoms with Crippen LogP contribution in [0, 0.1) is 0 Å². The van der Waals surface area contributed by atoms with E-state index in [0.717, 1.165) is 25.7 Å². The molecule has 0 atom stereocenters. The van der Waals surface area contributed by atoms with Crippen molar-refractivity contribution in [3.05, 3.63) is 29.8 Å². The Morgan fingerprint density at radius 1 is 0.846 bits per heavy atom. The predicted molar refractivity (Wildman–Crippen MR) is 105 cm³/mol. The number of para-hydroxylation sites is 1. The molecule has 0 spiro atoms. The molecule has 0 radical (unpaired) electrons.